The normalized spacial score (nSPS) is 30.3. The lowest BCUT2D eigenvalue weighted by Gasteiger charge is -2.22. The summed E-state index contributed by atoms with van der Waals surface area (Å²) in [6.07, 6.45) is 5.50. The van der Waals surface area contributed by atoms with Gasteiger partial charge in [0, 0.05) is 26.2 Å². The molecule has 1 saturated heterocycles. The molecule has 2 saturated carbocycles. The Kier molecular flexibility index (Phi) is 4.33. The van der Waals surface area contributed by atoms with Crippen LogP contribution in [-0.2, 0) is 9.53 Å². The third-order valence-electron chi connectivity index (χ3n) is 5.63. The van der Waals surface area contributed by atoms with Crippen molar-refractivity contribution in [1.82, 2.24) is 10.2 Å². The summed E-state index contributed by atoms with van der Waals surface area (Å²) >= 11 is 0. The molecule has 5 heteroatoms. The van der Waals surface area contributed by atoms with Crippen LogP contribution < -0.4 is 5.32 Å². The van der Waals surface area contributed by atoms with Crippen molar-refractivity contribution in [2.45, 2.75) is 39.5 Å². The molecular weight excluding hydrogens is 278 g/mol. The van der Waals surface area contributed by atoms with Crippen LogP contribution in [0.15, 0.2) is 4.99 Å². The molecule has 0 bridgehead atoms. The first-order valence-corrected chi connectivity index (χ1v) is 8.70. The van der Waals surface area contributed by atoms with Gasteiger partial charge in [-0.05, 0) is 49.9 Å². The number of rotatable bonds is 5. The average Bonchev–Trinajstić information content (AvgIpc) is 3.40. The van der Waals surface area contributed by atoms with E-state index in [2.05, 4.69) is 24.1 Å². The molecule has 124 valence electrons. The number of methoxy groups -OCH3 is 1. The Morgan fingerprint density at radius 1 is 1.36 bits per heavy atom. The molecule has 1 heterocycles. The Hall–Kier alpha value is -1.26. The van der Waals surface area contributed by atoms with E-state index in [9.17, 15) is 4.79 Å². The van der Waals surface area contributed by atoms with Crippen molar-refractivity contribution in [2.75, 3.05) is 33.3 Å². The van der Waals surface area contributed by atoms with Gasteiger partial charge in [-0.2, -0.15) is 0 Å². The monoisotopic (exact) mass is 307 g/mol. The lowest BCUT2D eigenvalue weighted by atomic mass is 9.99. The number of hydrogen-bond donors (Lipinski definition) is 1. The van der Waals surface area contributed by atoms with Crippen LogP contribution in [0.25, 0.3) is 0 Å². The first kappa shape index (κ1) is 15.6. The Morgan fingerprint density at radius 2 is 2.09 bits per heavy atom. The van der Waals surface area contributed by atoms with Gasteiger partial charge in [0.15, 0.2) is 5.96 Å². The second-order valence-corrected chi connectivity index (χ2v) is 7.32. The van der Waals surface area contributed by atoms with Gasteiger partial charge in [0.25, 0.3) is 0 Å². The molecule has 1 N–H and O–H groups in total. The van der Waals surface area contributed by atoms with Crippen LogP contribution in [0.3, 0.4) is 0 Å². The highest BCUT2D eigenvalue weighted by atomic mass is 16.5. The van der Waals surface area contributed by atoms with E-state index in [1.165, 1.54) is 32.8 Å². The van der Waals surface area contributed by atoms with Gasteiger partial charge in [-0.1, -0.05) is 6.92 Å². The molecule has 5 nitrogen and oxygen atoms in total. The summed E-state index contributed by atoms with van der Waals surface area (Å²) in [6, 6.07) is 0. The van der Waals surface area contributed by atoms with E-state index in [-0.39, 0.29) is 11.9 Å². The van der Waals surface area contributed by atoms with Crippen LogP contribution in [-0.4, -0.2) is 50.1 Å². The van der Waals surface area contributed by atoms with Crippen molar-refractivity contribution in [3.8, 4) is 0 Å². The van der Waals surface area contributed by atoms with Crippen molar-refractivity contribution in [1.29, 1.82) is 0 Å². The van der Waals surface area contributed by atoms with Crippen LogP contribution in [0.5, 0.6) is 0 Å². The van der Waals surface area contributed by atoms with Crippen LogP contribution >= 0.6 is 0 Å². The van der Waals surface area contributed by atoms with Crippen molar-refractivity contribution >= 4 is 11.9 Å². The number of nitrogens with one attached hydrogen (secondary N) is 1. The number of carbonyl (C=O) groups is 1. The molecule has 0 aromatic rings. The minimum Gasteiger partial charge on any atom is -0.469 e. The van der Waals surface area contributed by atoms with E-state index in [0.29, 0.717) is 11.3 Å². The summed E-state index contributed by atoms with van der Waals surface area (Å²) in [5.74, 6) is 2.09. The summed E-state index contributed by atoms with van der Waals surface area (Å²) in [4.78, 5) is 19.0. The van der Waals surface area contributed by atoms with Crippen molar-refractivity contribution in [3.05, 3.63) is 0 Å². The Labute approximate surface area is 133 Å². The summed E-state index contributed by atoms with van der Waals surface area (Å²) in [5.41, 5.74) is 0.522. The summed E-state index contributed by atoms with van der Waals surface area (Å²) in [7, 11) is 1.48. The number of ether oxygens (including phenoxy) is 1. The molecule has 0 amide bonds. The standard InChI is InChI=1S/C17H29N3O2/c1-4-18-16(19-11-17(7-8-17)13-5-6-13)20-9-12(2)14(10-20)15(21)22-3/h12-14H,4-11H2,1-3H3,(H,18,19). The largest absolute Gasteiger partial charge is 0.469 e. The van der Waals surface area contributed by atoms with Gasteiger partial charge in [-0.15, -0.1) is 0 Å². The van der Waals surface area contributed by atoms with Crippen molar-refractivity contribution in [2.24, 2.45) is 28.2 Å². The van der Waals surface area contributed by atoms with Crippen LogP contribution in [0.4, 0.5) is 0 Å². The van der Waals surface area contributed by atoms with Crippen LogP contribution in [0, 0.1) is 23.2 Å². The second-order valence-electron chi connectivity index (χ2n) is 7.32. The SMILES string of the molecule is CCNC(=NCC1(C2CC2)CC1)N1CC(C)C(C(=O)OC)C1. The highest BCUT2D eigenvalue weighted by molar-refractivity contribution is 5.82. The first-order valence-electron chi connectivity index (χ1n) is 8.70. The fourth-order valence-corrected chi connectivity index (χ4v) is 3.81. The van der Waals surface area contributed by atoms with E-state index < -0.39 is 0 Å². The zero-order valence-corrected chi connectivity index (χ0v) is 14.1. The van der Waals surface area contributed by atoms with Gasteiger partial charge in [-0.3, -0.25) is 9.79 Å². The molecule has 3 aliphatic rings. The van der Waals surface area contributed by atoms with Gasteiger partial charge in [-0.25, -0.2) is 0 Å². The maximum atomic E-state index is 11.9. The molecule has 1 aliphatic heterocycles. The molecule has 0 aromatic carbocycles. The Balaban J connectivity index is 1.64. The highest BCUT2D eigenvalue weighted by Gasteiger charge is 2.53. The minimum absolute atomic E-state index is 0.0350. The third kappa shape index (κ3) is 3.08. The molecule has 0 radical (unpaired) electrons. The molecule has 2 aliphatic carbocycles. The van der Waals surface area contributed by atoms with E-state index in [1.54, 1.807) is 0 Å². The van der Waals surface area contributed by atoms with Crippen molar-refractivity contribution < 1.29 is 9.53 Å². The molecule has 22 heavy (non-hydrogen) atoms. The zero-order chi connectivity index (χ0) is 15.7. The van der Waals surface area contributed by atoms with E-state index in [4.69, 9.17) is 9.73 Å². The predicted octanol–water partition coefficient (Wildman–Crippen LogP) is 1.88. The Morgan fingerprint density at radius 3 is 2.64 bits per heavy atom. The number of esters is 1. The molecule has 2 atom stereocenters. The average molecular weight is 307 g/mol. The summed E-state index contributed by atoms with van der Waals surface area (Å²) in [5, 5.41) is 3.41. The maximum Gasteiger partial charge on any atom is 0.310 e. The lowest BCUT2D eigenvalue weighted by Crippen LogP contribution is -2.41. The van der Waals surface area contributed by atoms with Gasteiger partial charge in [0.05, 0.1) is 13.0 Å². The Bertz CT molecular complexity index is 455. The number of likely N-dealkylation sites (tertiary alicyclic amines) is 1. The maximum absolute atomic E-state index is 11.9. The fourth-order valence-electron chi connectivity index (χ4n) is 3.81. The highest BCUT2D eigenvalue weighted by Crippen LogP contribution is 2.61. The van der Waals surface area contributed by atoms with E-state index in [1.807, 2.05) is 0 Å². The number of nitrogens with zero attached hydrogens (tertiary/aromatic N) is 2. The number of carbonyl (C=O) groups excluding carboxylic acids is 1. The second kappa shape index (κ2) is 6.09. The van der Waals surface area contributed by atoms with E-state index in [0.717, 1.165) is 38.1 Å². The van der Waals surface area contributed by atoms with Gasteiger partial charge in [0.2, 0.25) is 0 Å². The quantitative estimate of drug-likeness (QED) is 0.479. The predicted molar refractivity (Wildman–Crippen MR) is 86.6 cm³/mol. The summed E-state index contributed by atoms with van der Waals surface area (Å²) < 4.78 is 4.93. The van der Waals surface area contributed by atoms with Gasteiger partial charge in [0.1, 0.15) is 0 Å². The fraction of sp³-hybridized carbons (Fsp3) is 0.882. The number of aliphatic imine (C=N–C) groups is 1. The zero-order valence-electron chi connectivity index (χ0n) is 14.1. The third-order valence-corrected chi connectivity index (χ3v) is 5.63. The van der Waals surface area contributed by atoms with E-state index >= 15 is 0 Å². The minimum atomic E-state index is -0.0949. The molecule has 3 fully saturated rings. The molecular formula is C17H29N3O2. The lowest BCUT2D eigenvalue weighted by molar-refractivity contribution is -0.145. The summed E-state index contributed by atoms with van der Waals surface area (Å²) in [6.45, 7) is 7.63. The topological polar surface area (TPSA) is 53.9 Å². The molecule has 2 unspecified atom stereocenters. The van der Waals surface area contributed by atoms with Gasteiger partial charge < -0.3 is 15.0 Å². The molecule has 3 rings (SSSR count). The smallest absolute Gasteiger partial charge is 0.310 e. The number of hydrogen-bond acceptors (Lipinski definition) is 3. The van der Waals surface area contributed by atoms with Crippen LogP contribution in [0.1, 0.15) is 39.5 Å². The van der Waals surface area contributed by atoms with Crippen LogP contribution in [0.2, 0.25) is 0 Å². The number of guanidine groups is 1. The van der Waals surface area contributed by atoms with Crippen molar-refractivity contribution in [3.63, 3.8) is 0 Å². The first-order chi connectivity index (χ1) is 10.6. The van der Waals surface area contributed by atoms with Gasteiger partial charge >= 0.3 is 5.97 Å². The molecule has 0 aromatic heterocycles. The molecule has 0 spiro atoms.